The van der Waals surface area contributed by atoms with E-state index in [2.05, 4.69) is 10.4 Å². The number of amides is 1. The Morgan fingerprint density at radius 1 is 1.48 bits per heavy atom. The maximum Gasteiger partial charge on any atom is 0.244 e. The smallest absolute Gasteiger partial charge is 0.244 e. The lowest BCUT2D eigenvalue weighted by Gasteiger charge is -2.12. The van der Waals surface area contributed by atoms with Crippen molar-refractivity contribution < 1.29 is 9.21 Å². The molecule has 0 aromatic carbocycles. The molecule has 0 saturated heterocycles. The molecule has 0 spiro atoms. The van der Waals surface area contributed by atoms with Gasteiger partial charge in [-0.3, -0.25) is 9.48 Å². The Morgan fingerprint density at radius 2 is 2.33 bits per heavy atom. The number of aromatic nitrogens is 2. The van der Waals surface area contributed by atoms with Crippen LogP contribution in [0.4, 0.5) is 0 Å². The average molecular weight is 285 g/mol. The first-order chi connectivity index (χ1) is 10.2. The third kappa shape index (κ3) is 3.07. The zero-order valence-corrected chi connectivity index (χ0v) is 12.1. The summed E-state index contributed by atoms with van der Waals surface area (Å²) in [5.41, 5.74) is 3.63. The van der Waals surface area contributed by atoms with Gasteiger partial charge in [0.1, 0.15) is 5.76 Å². The Bertz CT molecular complexity index is 653. The molecule has 0 atom stereocenters. The molecule has 0 radical (unpaired) electrons. The number of carbonyl (C=O) groups excluding carboxylic acids is 1. The Hall–Kier alpha value is -2.30. The summed E-state index contributed by atoms with van der Waals surface area (Å²) in [5, 5.41) is 7.42. The van der Waals surface area contributed by atoms with Crippen LogP contribution in [0.1, 0.15) is 35.6 Å². The molecule has 1 aliphatic rings. The highest BCUT2D eigenvalue weighted by atomic mass is 16.3. The first-order valence-electron chi connectivity index (χ1n) is 7.27. The summed E-state index contributed by atoms with van der Waals surface area (Å²) in [4.78, 5) is 11.8. The van der Waals surface area contributed by atoms with Crippen molar-refractivity contribution in [3.63, 3.8) is 0 Å². The molecule has 5 heteroatoms. The second-order valence-electron chi connectivity index (χ2n) is 5.27. The molecule has 0 aliphatic heterocycles. The minimum absolute atomic E-state index is 0.137. The standard InChI is InChI=1S/C16H19N3O2/c1-19-15-7-3-2-6-13(15)14(18-19)11-17-16(20)9-8-12-5-4-10-21-12/h4-5,8-10H,2-3,6-7,11H2,1H3,(H,17,20)/b9-8+. The van der Waals surface area contributed by atoms with Gasteiger partial charge in [-0.05, 0) is 49.5 Å². The number of fused-ring (bicyclic) bond motifs is 1. The van der Waals surface area contributed by atoms with Crippen LogP contribution in [0.3, 0.4) is 0 Å². The number of furan rings is 1. The van der Waals surface area contributed by atoms with Crippen molar-refractivity contribution in [2.24, 2.45) is 7.05 Å². The number of aryl methyl sites for hydroxylation is 1. The maximum atomic E-state index is 11.8. The highest BCUT2D eigenvalue weighted by Crippen LogP contribution is 2.23. The molecule has 21 heavy (non-hydrogen) atoms. The molecular weight excluding hydrogens is 266 g/mol. The SMILES string of the molecule is Cn1nc(CNC(=O)/C=C/c2ccco2)c2c1CCCC2. The molecule has 2 aromatic rings. The van der Waals surface area contributed by atoms with E-state index < -0.39 is 0 Å². The first-order valence-corrected chi connectivity index (χ1v) is 7.27. The van der Waals surface area contributed by atoms with E-state index >= 15 is 0 Å². The van der Waals surface area contributed by atoms with Gasteiger partial charge in [0.25, 0.3) is 0 Å². The van der Waals surface area contributed by atoms with Gasteiger partial charge >= 0.3 is 0 Å². The van der Waals surface area contributed by atoms with E-state index in [0.717, 1.165) is 18.5 Å². The van der Waals surface area contributed by atoms with Crippen molar-refractivity contribution in [2.75, 3.05) is 0 Å². The molecule has 5 nitrogen and oxygen atoms in total. The number of hydrogen-bond donors (Lipinski definition) is 1. The third-order valence-corrected chi connectivity index (χ3v) is 3.82. The van der Waals surface area contributed by atoms with Gasteiger partial charge in [0, 0.05) is 18.8 Å². The maximum absolute atomic E-state index is 11.8. The number of rotatable bonds is 4. The fourth-order valence-corrected chi connectivity index (χ4v) is 2.77. The van der Waals surface area contributed by atoms with E-state index in [1.54, 1.807) is 24.5 Å². The predicted octanol–water partition coefficient (Wildman–Crippen LogP) is 2.22. The predicted molar refractivity (Wildman–Crippen MR) is 79.4 cm³/mol. The normalized spacial score (nSPS) is 14.3. The van der Waals surface area contributed by atoms with Crippen LogP contribution in [0.5, 0.6) is 0 Å². The molecule has 0 saturated carbocycles. The Kier molecular flexibility index (Phi) is 3.90. The van der Waals surface area contributed by atoms with Gasteiger partial charge in [-0.15, -0.1) is 0 Å². The van der Waals surface area contributed by atoms with Gasteiger partial charge in [0.2, 0.25) is 5.91 Å². The molecule has 1 aliphatic carbocycles. The molecule has 2 aromatic heterocycles. The lowest BCUT2D eigenvalue weighted by atomic mass is 9.96. The summed E-state index contributed by atoms with van der Waals surface area (Å²) in [6.45, 7) is 0.477. The highest BCUT2D eigenvalue weighted by Gasteiger charge is 2.19. The zero-order valence-electron chi connectivity index (χ0n) is 12.1. The van der Waals surface area contributed by atoms with Gasteiger partial charge in [-0.25, -0.2) is 0 Å². The summed E-state index contributed by atoms with van der Waals surface area (Å²) >= 11 is 0. The monoisotopic (exact) mass is 285 g/mol. The Morgan fingerprint density at radius 3 is 3.14 bits per heavy atom. The Labute approximate surface area is 123 Å². The fraction of sp³-hybridized carbons (Fsp3) is 0.375. The van der Waals surface area contributed by atoms with Gasteiger partial charge in [0.05, 0.1) is 18.5 Å². The van der Waals surface area contributed by atoms with Crippen LogP contribution in [0, 0.1) is 0 Å². The minimum atomic E-state index is -0.137. The fourth-order valence-electron chi connectivity index (χ4n) is 2.77. The quantitative estimate of drug-likeness (QED) is 0.876. The van der Waals surface area contributed by atoms with Crippen LogP contribution in [0.15, 0.2) is 28.9 Å². The van der Waals surface area contributed by atoms with E-state index in [9.17, 15) is 4.79 Å². The molecule has 0 unspecified atom stereocenters. The number of nitrogens with one attached hydrogen (secondary N) is 1. The first kappa shape index (κ1) is 13.7. The molecular formula is C16H19N3O2. The summed E-state index contributed by atoms with van der Waals surface area (Å²) in [7, 11) is 1.98. The molecule has 3 rings (SSSR count). The van der Waals surface area contributed by atoms with Crippen LogP contribution in [-0.4, -0.2) is 15.7 Å². The van der Waals surface area contributed by atoms with Gasteiger partial charge in [0.15, 0.2) is 0 Å². The summed E-state index contributed by atoms with van der Waals surface area (Å²) in [6.07, 6.45) is 9.30. The number of carbonyl (C=O) groups is 1. The molecule has 1 N–H and O–H groups in total. The molecule has 110 valence electrons. The van der Waals surface area contributed by atoms with Gasteiger partial charge in [-0.1, -0.05) is 0 Å². The summed E-state index contributed by atoms with van der Waals surface area (Å²) in [6, 6.07) is 3.59. The lowest BCUT2D eigenvalue weighted by molar-refractivity contribution is -0.116. The van der Waals surface area contributed by atoms with E-state index in [1.165, 1.54) is 30.2 Å². The van der Waals surface area contributed by atoms with Crippen LogP contribution >= 0.6 is 0 Å². The van der Waals surface area contributed by atoms with Crippen molar-refractivity contribution in [3.8, 4) is 0 Å². The van der Waals surface area contributed by atoms with Crippen LogP contribution < -0.4 is 5.32 Å². The number of hydrogen-bond acceptors (Lipinski definition) is 3. The van der Waals surface area contributed by atoms with E-state index in [-0.39, 0.29) is 5.91 Å². The summed E-state index contributed by atoms with van der Waals surface area (Å²) in [5.74, 6) is 0.530. The third-order valence-electron chi connectivity index (χ3n) is 3.82. The van der Waals surface area contributed by atoms with Gasteiger partial charge in [-0.2, -0.15) is 5.10 Å². The molecule has 2 heterocycles. The van der Waals surface area contributed by atoms with E-state index in [1.807, 2.05) is 11.7 Å². The molecule has 1 amide bonds. The lowest BCUT2D eigenvalue weighted by Crippen LogP contribution is -2.21. The molecule has 0 fully saturated rings. The largest absolute Gasteiger partial charge is 0.465 e. The van der Waals surface area contributed by atoms with Crippen molar-refractivity contribution in [1.29, 1.82) is 0 Å². The van der Waals surface area contributed by atoms with Crippen molar-refractivity contribution in [2.45, 2.75) is 32.2 Å². The van der Waals surface area contributed by atoms with E-state index in [4.69, 9.17) is 4.42 Å². The zero-order chi connectivity index (χ0) is 14.7. The topological polar surface area (TPSA) is 60.1 Å². The second kappa shape index (κ2) is 5.99. The Balaban J connectivity index is 1.61. The minimum Gasteiger partial charge on any atom is -0.465 e. The number of nitrogens with zero attached hydrogens (tertiary/aromatic N) is 2. The van der Waals surface area contributed by atoms with E-state index in [0.29, 0.717) is 12.3 Å². The van der Waals surface area contributed by atoms with Gasteiger partial charge < -0.3 is 9.73 Å². The van der Waals surface area contributed by atoms with Crippen molar-refractivity contribution >= 4 is 12.0 Å². The second-order valence-corrected chi connectivity index (χ2v) is 5.27. The van der Waals surface area contributed by atoms with Crippen LogP contribution in [-0.2, 0) is 31.2 Å². The van der Waals surface area contributed by atoms with Crippen LogP contribution in [0.2, 0.25) is 0 Å². The molecule has 0 bridgehead atoms. The average Bonchev–Trinajstić information content (AvgIpc) is 3.12. The van der Waals surface area contributed by atoms with Crippen molar-refractivity contribution in [1.82, 2.24) is 15.1 Å². The summed E-state index contributed by atoms with van der Waals surface area (Å²) < 4.78 is 7.09. The van der Waals surface area contributed by atoms with Crippen LogP contribution in [0.25, 0.3) is 6.08 Å². The highest BCUT2D eigenvalue weighted by molar-refractivity contribution is 5.91. The van der Waals surface area contributed by atoms with Crippen molar-refractivity contribution in [3.05, 3.63) is 47.2 Å².